The number of benzene rings is 2. The van der Waals surface area contributed by atoms with Gasteiger partial charge in [0.15, 0.2) is 0 Å². The van der Waals surface area contributed by atoms with E-state index in [1.807, 2.05) is 62.4 Å². The molecule has 0 aliphatic carbocycles. The molecule has 24 heavy (non-hydrogen) atoms. The van der Waals surface area contributed by atoms with Crippen LogP contribution in [0.2, 0.25) is 5.15 Å². The Labute approximate surface area is 146 Å². The zero-order valence-electron chi connectivity index (χ0n) is 13.5. The van der Waals surface area contributed by atoms with Gasteiger partial charge in [0.1, 0.15) is 5.15 Å². The fourth-order valence-electron chi connectivity index (χ4n) is 2.57. The van der Waals surface area contributed by atoms with E-state index in [1.165, 1.54) is 0 Å². The number of nitrogens with one attached hydrogen (secondary N) is 1. The fourth-order valence-corrected chi connectivity index (χ4v) is 2.74. The Morgan fingerprint density at radius 1 is 1.04 bits per heavy atom. The Morgan fingerprint density at radius 2 is 1.88 bits per heavy atom. The number of nitrogens with zero attached hydrogens (tertiary/aromatic N) is 1. The Balaban J connectivity index is 1.90. The Kier molecular flexibility index (Phi) is 4.63. The molecule has 120 valence electrons. The predicted octanol–water partition coefficient (Wildman–Crippen LogP) is 5.27. The van der Waals surface area contributed by atoms with Crippen LogP contribution in [0.5, 0.6) is 0 Å². The molecule has 0 saturated carbocycles. The molecule has 0 bridgehead atoms. The number of amides is 1. The van der Waals surface area contributed by atoms with Crippen LogP contribution in [0, 0.1) is 13.8 Å². The van der Waals surface area contributed by atoms with Crippen molar-refractivity contribution >= 4 is 23.2 Å². The third-order valence-electron chi connectivity index (χ3n) is 3.81. The Hall–Kier alpha value is -2.65. The quantitative estimate of drug-likeness (QED) is 0.662. The normalized spacial score (nSPS) is 10.5. The van der Waals surface area contributed by atoms with E-state index in [-0.39, 0.29) is 5.91 Å². The minimum absolute atomic E-state index is 0.124. The summed E-state index contributed by atoms with van der Waals surface area (Å²) in [5, 5.41) is 3.40. The molecule has 0 atom stereocenters. The minimum atomic E-state index is -0.124. The molecule has 3 nitrogen and oxygen atoms in total. The zero-order chi connectivity index (χ0) is 17.1. The van der Waals surface area contributed by atoms with Gasteiger partial charge in [-0.1, -0.05) is 35.4 Å². The van der Waals surface area contributed by atoms with Crippen LogP contribution < -0.4 is 5.32 Å². The summed E-state index contributed by atoms with van der Waals surface area (Å²) in [6.45, 7) is 3.99. The summed E-state index contributed by atoms with van der Waals surface area (Å²) < 4.78 is 0. The van der Waals surface area contributed by atoms with E-state index < -0.39 is 0 Å². The van der Waals surface area contributed by atoms with Crippen molar-refractivity contribution in [1.29, 1.82) is 0 Å². The molecule has 3 rings (SSSR count). The SMILES string of the molecule is Cc1cccc(C(=O)Nc2ccc(C)c(-c3ccnc(Cl)c3)c2)c1. The van der Waals surface area contributed by atoms with Gasteiger partial charge in [-0.25, -0.2) is 4.98 Å². The van der Waals surface area contributed by atoms with Crippen LogP contribution in [0.15, 0.2) is 60.8 Å². The van der Waals surface area contributed by atoms with Crippen LogP contribution in [-0.2, 0) is 0 Å². The molecule has 1 N–H and O–H groups in total. The largest absolute Gasteiger partial charge is 0.322 e. The predicted molar refractivity (Wildman–Crippen MR) is 98.6 cm³/mol. The lowest BCUT2D eigenvalue weighted by atomic mass is 10.0. The lowest BCUT2D eigenvalue weighted by molar-refractivity contribution is 0.102. The average molecular weight is 337 g/mol. The molecule has 0 fully saturated rings. The number of carbonyl (C=O) groups is 1. The highest BCUT2D eigenvalue weighted by Gasteiger charge is 2.09. The molecule has 1 amide bonds. The molecule has 0 spiro atoms. The van der Waals surface area contributed by atoms with Crippen molar-refractivity contribution in [3.8, 4) is 11.1 Å². The van der Waals surface area contributed by atoms with Crippen molar-refractivity contribution in [2.75, 3.05) is 5.32 Å². The van der Waals surface area contributed by atoms with Gasteiger partial charge in [0.2, 0.25) is 0 Å². The molecular formula is C20H17ClN2O. The summed E-state index contributed by atoms with van der Waals surface area (Å²) in [5.74, 6) is -0.124. The molecule has 0 unspecified atom stereocenters. The van der Waals surface area contributed by atoms with E-state index in [4.69, 9.17) is 11.6 Å². The number of anilines is 1. The number of aryl methyl sites for hydroxylation is 2. The van der Waals surface area contributed by atoms with Gasteiger partial charge >= 0.3 is 0 Å². The fraction of sp³-hybridized carbons (Fsp3) is 0.100. The molecule has 0 saturated heterocycles. The number of hydrogen-bond donors (Lipinski definition) is 1. The van der Waals surface area contributed by atoms with Crippen LogP contribution >= 0.6 is 11.6 Å². The first-order chi connectivity index (χ1) is 11.5. The lowest BCUT2D eigenvalue weighted by Crippen LogP contribution is -2.12. The molecule has 4 heteroatoms. The van der Waals surface area contributed by atoms with Gasteiger partial charge in [0.25, 0.3) is 5.91 Å². The summed E-state index contributed by atoms with van der Waals surface area (Å²) in [4.78, 5) is 16.4. The van der Waals surface area contributed by atoms with Gasteiger partial charge in [0, 0.05) is 17.4 Å². The molecule has 0 radical (unpaired) electrons. The highest BCUT2D eigenvalue weighted by molar-refractivity contribution is 6.29. The minimum Gasteiger partial charge on any atom is -0.322 e. The molecule has 1 aromatic heterocycles. The van der Waals surface area contributed by atoms with Crippen molar-refractivity contribution in [3.63, 3.8) is 0 Å². The summed E-state index contributed by atoms with van der Waals surface area (Å²) in [7, 11) is 0. The Morgan fingerprint density at radius 3 is 2.62 bits per heavy atom. The van der Waals surface area contributed by atoms with Gasteiger partial charge in [-0.2, -0.15) is 0 Å². The van der Waals surface area contributed by atoms with Gasteiger partial charge in [-0.15, -0.1) is 0 Å². The number of aromatic nitrogens is 1. The van der Waals surface area contributed by atoms with Crippen LogP contribution in [0.1, 0.15) is 21.5 Å². The van der Waals surface area contributed by atoms with E-state index in [1.54, 1.807) is 12.3 Å². The van der Waals surface area contributed by atoms with E-state index in [2.05, 4.69) is 10.3 Å². The molecule has 3 aromatic rings. The summed E-state index contributed by atoms with van der Waals surface area (Å²) in [5.41, 5.74) is 5.53. The van der Waals surface area contributed by atoms with Crippen LogP contribution in [-0.4, -0.2) is 10.9 Å². The van der Waals surface area contributed by atoms with E-state index in [9.17, 15) is 4.79 Å². The van der Waals surface area contributed by atoms with Crippen molar-refractivity contribution < 1.29 is 4.79 Å². The number of pyridine rings is 1. The molecule has 0 aliphatic heterocycles. The average Bonchev–Trinajstić information content (AvgIpc) is 2.56. The molecule has 1 heterocycles. The first kappa shape index (κ1) is 16.2. The third kappa shape index (κ3) is 3.63. The van der Waals surface area contributed by atoms with Crippen molar-refractivity contribution in [1.82, 2.24) is 4.98 Å². The van der Waals surface area contributed by atoms with Crippen molar-refractivity contribution in [2.45, 2.75) is 13.8 Å². The van der Waals surface area contributed by atoms with Gasteiger partial charge in [-0.05, 0) is 66.9 Å². The number of rotatable bonds is 3. The third-order valence-corrected chi connectivity index (χ3v) is 4.02. The monoisotopic (exact) mass is 336 g/mol. The maximum absolute atomic E-state index is 12.4. The molecule has 2 aromatic carbocycles. The molecular weight excluding hydrogens is 320 g/mol. The van der Waals surface area contributed by atoms with Crippen LogP contribution in [0.4, 0.5) is 5.69 Å². The van der Waals surface area contributed by atoms with E-state index >= 15 is 0 Å². The van der Waals surface area contributed by atoms with Crippen LogP contribution in [0.3, 0.4) is 0 Å². The number of carbonyl (C=O) groups excluding carboxylic acids is 1. The first-order valence-corrected chi connectivity index (χ1v) is 8.01. The topological polar surface area (TPSA) is 42.0 Å². The van der Waals surface area contributed by atoms with E-state index in [0.717, 1.165) is 27.9 Å². The second-order valence-electron chi connectivity index (χ2n) is 5.72. The van der Waals surface area contributed by atoms with Gasteiger partial charge in [0.05, 0.1) is 0 Å². The second kappa shape index (κ2) is 6.85. The smallest absolute Gasteiger partial charge is 0.255 e. The Bertz CT molecular complexity index is 906. The highest BCUT2D eigenvalue weighted by atomic mass is 35.5. The number of hydrogen-bond acceptors (Lipinski definition) is 2. The number of halogens is 1. The van der Waals surface area contributed by atoms with Gasteiger partial charge in [-0.3, -0.25) is 4.79 Å². The van der Waals surface area contributed by atoms with Crippen molar-refractivity contribution in [2.24, 2.45) is 0 Å². The zero-order valence-corrected chi connectivity index (χ0v) is 14.3. The maximum Gasteiger partial charge on any atom is 0.255 e. The van der Waals surface area contributed by atoms with Gasteiger partial charge < -0.3 is 5.32 Å². The standard InChI is InChI=1S/C20H17ClN2O/c1-13-4-3-5-16(10-13)20(24)23-17-7-6-14(2)18(12-17)15-8-9-22-19(21)11-15/h3-12H,1-2H3,(H,23,24). The summed E-state index contributed by atoms with van der Waals surface area (Å²) in [6.07, 6.45) is 1.68. The second-order valence-corrected chi connectivity index (χ2v) is 6.11. The van der Waals surface area contributed by atoms with Crippen LogP contribution in [0.25, 0.3) is 11.1 Å². The summed E-state index contributed by atoms with van der Waals surface area (Å²) >= 11 is 5.99. The van der Waals surface area contributed by atoms with Crippen molar-refractivity contribution in [3.05, 3.63) is 82.6 Å². The lowest BCUT2D eigenvalue weighted by Gasteiger charge is -2.11. The highest BCUT2D eigenvalue weighted by Crippen LogP contribution is 2.28. The maximum atomic E-state index is 12.4. The summed E-state index contributed by atoms with van der Waals surface area (Å²) in [6, 6.07) is 17.1. The molecule has 0 aliphatic rings. The van der Waals surface area contributed by atoms with E-state index in [0.29, 0.717) is 10.7 Å². The first-order valence-electron chi connectivity index (χ1n) is 7.63.